The maximum atomic E-state index is 12.9. The van der Waals surface area contributed by atoms with Gasteiger partial charge in [-0.1, -0.05) is 12.1 Å². The molecule has 1 heterocycles. The van der Waals surface area contributed by atoms with Crippen LogP contribution in [-0.2, 0) is 14.3 Å². The van der Waals surface area contributed by atoms with Crippen LogP contribution in [0.25, 0.3) is 0 Å². The third-order valence-electron chi connectivity index (χ3n) is 3.16. The van der Waals surface area contributed by atoms with Crippen LogP contribution in [0.1, 0.15) is 17.9 Å². The van der Waals surface area contributed by atoms with Crippen molar-refractivity contribution in [3.05, 3.63) is 35.6 Å². The van der Waals surface area contributed by atoms with Gasteiger partial charge in [0, 0.05) is 12.5 Å². The van der Waals surface area contributed by atoms with E-state index in [0.717, 1.165) is 12.0 Å². The maximum Gasteiger partial charge on any atom is 0.311 e. The molecule has 4 heteroatoms. The molecule has 0 spiro atoms. The van der Waals surface area contributed by atoms with Gasteiger partial charge in [-0.3, -0.25) is 4.79 Å². The van der Waals surface area contributed by atoms with Crippen molar-refractivity contribution in [2.45, 2.75) is 12.3 Å². The van der Waals surface area contributed by atoms with E-state index in [-0.39, 0.29) is 23.6 Å². The summed E-state index contributed by atoms with van der Waals surface area (Å²) in [6.45, 7) is 0.990. The summed E-state index contributed by atoms with van der Waals surface area (Å²) in [5, 5.41) is 0. The van der Waals surface area contributed by atoms with Gasteiger partial charge in [0.25, 0.3) is 0 Å². The van der Waals surface area contributed by atoms with Gasteiger partial charge < -0.3 is 9.47 Å². The van der Waals surface area contributed by atoms with Gasteiger partial charge in [0.1, 0.15) is 5.82 Å². The van der Waals surface area contributed by atoms with Crippen molar-refractivity contribution in [1.82, 2.24) is 0 Å². The fraction of sp³-hybridized carbons (Fsp3) is 0.462. The standard InChI is InChI=1S/C13H15FO3/c1-16-13(15)12-8-17-7-6-11(12)9-2-4-10(14)5-3-9/h2-5,11-12H,6-8H2,1H3/t11?,12-/m0/s1. The van der Waals surface area contributed by atoms with Crippen molar-refractivity contribution >= 4 is 5.97 Å². The summed E-state index contributed by atoms with van der Waals surface area (Å²) in [5.74, 6) is -0.773. The summed E-state index contributed by atoms with van der Waals surface area (Å²) >= 11 is 0. The Morgan fingerprint density at radius 3 is 2.76 bits per heavy atom. The highest BCUT2D eigenvalue weighted by Crippen LogP contribution is 2.32. The Hall–Kier alpha value is -1.42. The second-order valence-corrected chi connectivity index (χ2v) is 4.15. The Balaban J connectivity index is 2.21. The molecule has 1 aromatic rings. The minimum absolute atomic E-state index is 0.0526. The van der Waals surface area contributed by atoms with Gasteiger partial charge in [-0.2, -0.15) is 0 Å². The van der Waals surface area contributed by atoms with Crippen LogP contribution in [0.2, 0.25) is 0 Å². The van der Waals surface area contributed by atoms with E-state index in [0.29, 0.717) is 13.2 Å². The molecule has 1 unspecified atom stereocenters. The highest BCUT2D eigenvalue weighted by Gasteiger charge is 2.33. The summed E-state index contributed by atoms with van der Waals surface area (Å²) in [4.78, 5) is 11.6. The number of carbonyl (C=O) groups excluding carboxylic acids is 1. The average molecular weight is 238 g/mol. The Kier molecular flexibility index (Phi) is 3.74. The van der Waals surface area contributed by atoms with Crippen molar-refractivity contribution in [2.24, 2.45) is 5.92 Å². The first-order chi connectivity index (χ1) is 8.22. The zero-order valence-electron chi connectivity index (χ0n) is 9.69. The molecule has 2 atom stereocenters. The molecular weight excluding hydrogens is 223 g/mol. The second-order valence-electron chi connectivity index (χ2n) is 4.15. The molecule has 1 saturated heterocycles. The van der Waals surface area contributed by atoms with Crippen molar-refractivity contribution in [2.75, 3.05) is 20.3 Å². The molecule has 2 rings (SSSR count). The number of ether oxygens (including phenoxy) is 2. The van der Waals surface area contributed by atoms with Crippen LogP contribution in [0, 0.1) is 11.7 Å². The minimum atomic E-state index is -0.292. The number of benzene rings is 1. The monoisotopic (exact) mass is 238 g/mol. The van der Waals surface area contributed by atoms with Gasteiger partial charge in [0.2, 0.25) is 0 Å². The average Bonchev–Trinajstić information content (AvgIpc) is 2.39. The van der Waals surface area contributed by atoms with Gasteiger partial charge in [0.05, 0.1) is 19.6 Å². The third kappa shape index (κ3) is 2.64. The molecule has 0 bridgehead atoms. The molecule has 3 nitrogen and oxygen atoms in total. The van der Waals surface area contributed by atoms with Gasteiger partial charge in [0.15, 0.2) is 0 Å². The minimum Gasteiger partial charge on any atom is -0.469 e. The lowest BCUT2D eigenvalue weighted by Crippen LogP contribution is -2.33. The van der Waals surface area contributed by atoms with Gasteiger partial charge in [-0.05, 0) is 24.1 Å². The molecule has 0 aromatic heterocycles. The number of esters is 1. The number of halogens is 1. The summed E-state index contributed by atoms with van der Waals surface area (Å²) < 4.78 is 22.9. The first kappa shape index (κ1) is 12.0. The topological polar surface area (TPSA) is 35.5 Å². The van der Waals surface area contributed by atoms with Crippen molar-refractivity contribution in [3.8, 4) is 0 Å². The number of rotatable bonds is 2. The van der Waals surface area contributed by atoms with Crippen LogP contribution in [-0.4, -0.2) is 26.3 Å². The van der Waals surface area contributed by atoms with Gasteiger partial charge in [-0.25, -0.2) is 4.39 Å². The van der Waals surface area contributed by atoms with Crippen LogP contribution >= 0.6 is 0 Å². The largest absolute Gasteiger partial charge is 0.469 e. The van der Waals surface area contributed by atoms with Crippen LogP contribution < -0.4 is 0 Å². The van der Waals surface area contributed by atoms with Gasteiger partial charge >= 0.3 is 5.97 Å². The fourth-order valence-electron chi connectivity index (χ4n) is 2.23. The number of hydrogen-bond donors (Lipinski definition) is 0. The predicted molar refractivity (Wildman–Crippen MR) is 60.1 cm³/mol. The lowest BCUT2D eigenvalue weighted by Gasteiger charge is -2.29. The zero-order valence-corrected chi connectivity index (χ0v) is 9.69. The molecule has 17 heavy (non-hydrogen) atoms. The van der Waals surface area contributed by atoms with E-state index in [1.54, 1.807) is 12.1 Å². The molecule has 92 valence electrons. The van der Waals surface area contributed by atoms with E-state index >= 15 is 0 Å². The second kappa shape index (κ2) is 5.27. The van der Waals surface area contributed by atoms with E-state index in [1.165, 1.54) is 19.2 Å². The smallest absolute Gasteiger partial charge is 0.311 e. The van der Waals surface area contributed by atoms with Crippen molar-refractivity contribution in [1.29, 1.82) is 0 Å². The number of methoxy groups -OCH3 is 1. The maximum absolute atomic E-state index is 12.9. The number of carbonyl (C=O) groups is 1. The molecule has 1 aromatic carbocycles. The predicted octanol–water partition coefficient (Wildman–Crippen LogP) is 2.12. The van der Waals surface area contributed by atoms with E-state index in [1.807, 2.05) is 0 Å². The Labute approximate surface area is 99.5 Å². The Bertz CT molecular complexity index is 388. The molecule has 1 aliphatic heterocycles. The van der Waals surface area contributed by atoms with Crippen molar-refractivity contribution in [3.63, 3.8) is 0 Å². The summed E-state index contributed by atoms with van der Waals surface area (Å²) in [7, 11) is 1.37. The lowest BCUT2D eigenvalue weighted by molar-refractivity contribution is -0.150. The van der Waals surface area contributed by atoms with Crippen LogP contribution in [0.15, 0.2) is 24.3 Å². The molecule has 1 fully saturated rings. The van der Waals surface area contributed by atoms with E-state index < -0.39 is 0 Å². The highest BCUT2D eigenvalue weighted by atomic mass is 19.1. The van der Waals surface area contributed by atoms with E-state index in [4.69, 9.17) is 9.47 Å². The molecule has 0 amide bonds. The fourth-order valence-corrected chi connectivity index (χ4v) is 2.23. The third-order valence-corrected chi connectivity index (χ3v) is 3.16. The first-order valence-electron chi connectivity index (χ1n) is 5.63. The van der Waals surface area contributed by atoms with Crippen LogP contribution in [0.5, 0.6) is 0 Å². The number of hydrogen-bond acceptors (Lipinski definition) is 3. The Morgan fingerprint density at radius 2 is 2.12 bits per heavy atom. The highest BCUT2D eigenvalue weighted by molar-refractivity contribution is 5.73. The molecule has 0 saturated carbocycles. The molecule has 0 aliphatic carbocycles. The summed E-state index contributed by atoms with van der Waals surface area (Å²) in [6, 6.07) is 6.28. The lowest BCUT2D eigenvalue weighted by atomic mass is 9.83. The molecule has 0 radical (unpaired) electrons. The Morgan fingerprint density at radius 1 is 1.41 bits per heavy atom. The SMILES string of the molecule is COC(=O)[C@H]1COCCC1c1ccc(F)cc1. The van der Waals surface area contributed by atoms with Crippen molar-refractivity contribution < 1.29 is 18.7 Å². The molecular formula is C13H15FO3. The van der Waals surface area contributed by atoms with E-state index in [2.05, 4.69) is 0 Å². The van der Waals surface area contributed by atoms with Crippen LogP contribution in [0.3, 0.4) is 0 Å². The zero-order chi connectivity index (χ0) is 12.3. The summed E-state index contributed by atoms with van der Waals surface area (Å²) in [5.41, 5.74) is 0.963. The molecule has 0 N–H and O–H groups in total. The van der Waals surface area contributed by atoms with E-state index in [9.17, 15) is 9.18 Å². The normalized spacial score (nSPS) is 24.4. The van der Waals surface area contributed by atoms with Gasteiger partial charge in [-0.15, -0.1) is 0 Å². The quantitative estimate of drug-likeness (QED) is 0.740. The van der Waals surface area contributed by atoms with Crippen LogP contribution in [0.4, 0.5) is 4.39 Å². The first-order valence-corrected chi connectivity index (χ1v) is 5.63. The summed E-state index contributed by atoms with van der Waals surface area (Å²) in [6.07, 6.45) is 0.755. The molecule has 1 aliphatic rings.